The Bertz CT molecular complexity index is 589. The molecule has 1 aromatic carbocycles. The summed E-state index contributed by atoms with van der Waals surface area (Å²) in [6.07, 6.45) is 4.67. The second-order valence-corrected chi connectivity index (χ2v) is 4.14. The predicted molar refractivity (Wildman–Crippen MR) is 69.8 cm³/mol. The summed E-state index contributed by atoms with van der Waals surface area (Å²) in [5.41, 5.74) is 1.61. The number of rotatable bonds is 4. The van der Waals surface area contributed by atoms with E-state index in [1.807, 2.05) is 0 Å². The summed E-state index contributed by atoms with van der Waals surface area (Å²) in [6, 6.07) is 5.62. The van der Waals surface area contributed by atoms with Gasteiger partial charge in [-0.3, -0.25) is 9.48 Å². The molecule has 0 unspecified atom stereocenters. The second kappa shape index (κ2) is 5.48. The van der Waals surface area contributed by atoms with Gasteiger partial charge in [-0.2, -0.15) is 5.10 Å². The number of aromatic nitrogens is 2. The number of carbonyl (C=O) groups is 1. The first-order valence-electron chi connectivity index (χ1n) is 5.77. The molecule has 0 radical (unpaired) electrons. The van der Waals surface area contributed by atoms with Crippen molar-refractivity contribution in [3.05, 3.63) is 66.3 Å². The average Bonchev–Trinajstić information content (AvgIpc) is 2.83. The maximum Gasteiger partial charge on any atom is 0.244 e. The van der Waals surface area contributed by atoms with E-state index in [4.69, 9.17) is 0 Å². The Hall–Kier alpha value is -2.43. The first-order valence-corrected chi connectivity index (χ1v) is 5.77. The first-order chi connectivity index (χ1) is 9.10. The maximum absolute atomic E-state index is 13.0. The molecular formula is C14H14FN3O. The fraction of sp³-hybridized carbons (Fsp3) is 0.143. The molecule has 4 nitrogen and oxygen atoms in total. The Morgan fingerprint density at radius 1 is 1.42 bits per heavy atom. The van der Waals surface area contributed by atoms with Crippen molar-refractivity contribution in [2.45, 2.75) is 6.04 Å². The highest BCUT2D eigenvalue weighted by Gasteiger charge is 2.17. The van der Waals surface area contributed by atoms with Crippen molar-refractivity contribution in [2.24, 2.45) is 7.05 Å². The van der Waals surface area contributed by atoms with Gasteiger partial charge in [-0.25, -0.2) is 4.39 Å². The van der Waals surface area contributed by atoms with Crippen molar-refractivity contribution in [2.75, 3.05) is 0 Å². The van der Waals surface area contributed by atoms with Crippen molar-refractivity contribution in [1.82, 2.24) is 15.1 Å². The molecule has 1 aromatic heterocycles. The fourth-order valence-corrected chi connectivity index (χ4v) is 1.80. The molecule has 1 N–H and O–H groups in total. The summed E-state index contributed by atoms with van der Waals surface area (Å²) in [5.74, 6) is -0.609. The molecule has 2 aromatic rings. The number of hydrogen-bond acceptors (Lipinski definition) is 2. The normalized spacial score (nSPS) is 11.9. The number of hydrogen-bond donors (Lipinski definition) is 1. The van der Waals surface area contributed by atoms with Crippen LogP contribution in [-0.2, 0) is 11.8 Å². The van der Waals surface area contributed by atoms with E-state index in [-0.39, 0.29) is 17.8 Å². The monoisotopic (exact) mass is 259 g/mol. The second-order valence-electron chi connectivity index (χ2n) is 4.14. The number of nitrogens with one attached hydrogen (secondary N) is 1. The zero-order valence-electron chi connectivity index (χ0n) is 10.5. The van der Waals surface area contributed by atoms with Crippen LogP contribution in [0.2, 0.25) is 0 Å². The average molecular weight is 259 g/mol. The summed E-state index contributed by atoms with van der Waals surface area (Å²) in [6.45, 7) is 3.43. The Morgan fingerprint density at radius 2 is 2.11 bits per heavy atom. The molecule has 1 atom stereocenters. The van der Waals surface area contributed by atoms with Gasteiger partial charge in [0.15, 0.2) is 0 Å². The van der Waals surface area contributed by atoms with Gasteiger partial charge < -0.3 is 5.32 Å². The Morgan fingerprint density at radius 3 is 2.63 bits per heavy atom. The quantitative estimate of drug-likeness (QED) is 0.853. The van der Waals surface area contributed by atoms with E-state index in [0.717, 1.165) is 11.1 Å². The minimum Gasteiger partial charge on any atom is -0.342 e. The topological polar surface area (TPSA) is 46.9 Å². The third kappa shape index (κ3) is 3.07. The maximum atomic E-state index is 13.0. The highest BCUT2D eigenvalue weighted by Crippen LogP contribution is 2.21. The minimum atomic E-state index is -0.375. The van der Waals surface area contributed by atoms with Crippen LogP contribution >= 0.6 is 0 Å². The van der Waals surface area contributed by atoms with Crippen molar-refractivity contribution in [3.8, 4) is 0 Å². The van der Waals surface area contributed by atoms with E-state index in [0.29, 0.717) is 0 Å². The van der Waals surface area contributed by atoms with Gasteiger partial charge >= 0.3 is 0 Å². The SMILES string of the molecule is C=CC(=O)N[C@H](c1ccc(F)cc1)c1cnn(C)c1. The molecule has 19 heavy (non-hydrogen) atoms. The lowest BCUT2D eigenvalue weighted by Gasteiger charge is -2.17. The third-order valence-electron chi connectivity index (χ3n) is 2.73. The van der Waals surface area contributed by atoms with Crippen LogP contribution in [0.25, 0.3) is 0 Å². The molecule has 1 heterocycles. The van der Waals surface area contributed by atoms with Crippen molar-refractivity contribution >= 4 is 5.91 Å². The summed E-state index contributed by atoms with van der Waals surface area (Å²) >= 11 is 0. The van der Waals surface area contributed by atoms with Crippen molar-refractivity contribution < 1.29 is 9.18 Å². The van der Waals surface area contributed by atoms with Gasteiger partial charge in [0.1, 0.15) is 5.82 Å². The van der Waals surface area contributed by atoms with E-state index in [9.17, 15) is 9.18 Å². The fourth-order valence-electron chi connectivity index (χ4n) is 1.80. The lowest BCUT2D eigenvalue weighted by Crippen LogP contribution is -2.27. The summed E-state index contributed by atoms with van der Waals surface area (Å²) < 4.78 is 14.6. The van der Waals surface area contributed by atoms with Gasteiger partial charge in [0.25, 0.3) is 0 Å². The zero-order chi connectivity index (χ0) is 13.8. The molecule has 0 bridgehead atoms. The molecule has 98 valence electrons. The van der Waals surface area contributed by atoms with Gasteiger partial charge in [-0.1, -0.05) is 18.7 Å². The van der Waals surface area contributed by atoms with Gasteiger partial charge in [-0.05, 0) is 23.8 Å². The molecule has 0 fully saturated rings. The lowest BCUT2D eigenvalue weighted by molar-refractivity contribution is -0.116. The van der Waals surface area contributed by atoms with E-state index >= 15 is 0 Å². The van der Waals surface area contributed by atoms with Crippen LogP contribution in [0, 0.1) is 5.82 Å². The molecular weight excluding hydrogens is 245 g/mol. The molecule has 0 saturated heterocycles. The molecule has 2 rings (SSSR count). The van der Waals surface area contributed by atoms with Crippen LogP contribution in [0.1, 0.15) is 17.2 Å². The highest BCUT2D eigenvalue weighted by atomic mass is 19.1. The van der Waals surface area contributed by atoms with E-state index in [2.05, 4.69) is 17.0 Å². The van der Waals surface area contributed by atoms with Gasteiger partial charge in [0, 0.05) is 18.8 Å². The molecule has 0 aliphatic carbocycles. The first kappa shape index (κ1) is 13.0. The zero-order valence-corrected chi connectivity index (χ0v) is 10.5. The van der Waals surface area contributed by atoms with Crippen LogP contribution < -0.4 is 5.32 Å². The van der Waals surface area contributed by atoms with Gasteiger partial charge in [-0.15, -0.1) is 0 Å². The van der Waals surface area contributed by atoms with E-state index in [1.165, 1.54) is 18.2 Å². The molecule has 5 heteroatoms. The highest BCUT2D eigenvalue weighted by molar-refractivity contribution is 5.87. The largest absolute Gasteiger partial charge is 0.342 e. The van der Waals surface area contributed by atoms with Crippen LogP contribution in [0.3, 0.4) is 0 Å². The Balaban J connectivity index is 2.36. The number of carbonyl (C=O) groups excluding carboxylic acids is 1. The molecule has 0 aliphatic heterocycles. The smallest absolute Gasteiger partial charge is 0.244 e. The minimum absolute atomic E-state index is 0.293. The number of halogens is 1. The van der Waals surface area contributed by atoms with Crippen LogP contribution in [0.4, 0.5) is 4.39 Å². The third-order valence-corrected chi connectivity index (χ3v) is 2.73. The Kier molecular flexibility index (Phi) is 3.75. The van der Waals surface area contributed by atoms with Crippen LogP contribution in [-0.4, -0.2) is 15.7 Å². The van der Waals surface area contributed by atoms with Gasteiger partial charge in [0.2, 0.25) is 5.91 Å². The standard InChI is InChI=1S/C14H14FN3O/c1-3-13(19)17-14(11-8-16-18(2)9-11)10-4-6-12(15)7-5-10/h3-9,14H,1H2,2H3,(H,17,19)/t14-/m1/s1. The molecule has 1 amide bonds. The van der Waals surface area contributed by atoms with Crippen molar-refractivity contribution in [1.29, 1.82) is 0 Å². The molecule has 0 spiro atoms. The lowest BCUT2D eigenvalue weighted by atomic mass is 10.0. The summed E-state index contributed by atoms with van der Waals surface area (Å²) in [7, 11) is 1.79. The summed E-state index contributed by atoms with van der Waals surface area (Å²) in [5, 5.41) is 6.88. The number of amides is 1. The van der Waals surface area contributed by atoms with Crippen LogP contribution in [0.15, 0.2) is 49.3 Å². The van der Waals surface area contributed by atoms with Crippen LogP contribution in [0.5, 0.6) is 0 Å². The van der Waals surface area contributed by atoms with Crippen molar-refractivity contribution in [3.63, 3.8) is 0 Å². The molecule has 0 aliphatic rings. The Labute approximate surface area is 110 Å². The van der Waals surface area contributed by atoms with Gasteiger partial charge in [0.05, 0.1) is 12.2 Å². The predicted octanol–water partition coefficient (Wildman–Crippen LogP) is 1.95. The number of aryl methyl sites for hydroxylation is 1. The van der Waals surface area contributed by atoms with E-state index < -0.39 is 0 Å². The number of benzene rings is 1. The van der Waals surface area contributed by atoms with E-state index in [1.54, 1.807) is 36.3 Å². The number of nitrogens with zero attached hydrogens (tertiary/aromatic N) is 2. The summed E-state index contributed by atoms with van der Waals surface area (Å²) in [4.78, 5) is 11.5. The molecule has 0 saturated carbocycles.